The van der Waals surface area contributed by atoms with Crippen molar-refractivity contribution in [2.45, 2.75) is 84.5 Å². The third-order valence-corrected chi connectivity index (χ3v) is 11.8. The fraction of sp³-hybridized carbons (Fsp3) is 0.255. The minimum Gasteiger partial charge on any atom is -1.00 e. The minimum absolute atomic E-state index is 0. The van der Waals surface area contributed by atoms with Crippen molar-refractivity contribution >= 4 is 26.0 Å². The van der Waals surface area contributed by atoms with Gasteiger partial charge in [0, 0.05) is 5.92 Å². The Morgan fingerprint density at radius 1 is 0.636 bits per heavy atom. The number of fused-ring (bicyclic) bond motifs is 4. The molecule has 0 spiro atoms. The molecule has 0 saturated carbocycles. The van der Waals surface area contributed by atoms with Crippen LogP contribution in [0.1, 0.15) is 106 Å². The van der Waals surface area contributed by atoms with E-state index in [9.17, 15) is 0 Å². The molecule has 277 valence electrons. The third-order valence-electron chi connectivity index (χ3n) is 10.5. The van der Waals surface area contributed by atoms with Gasteiger partial charge in [-0.1, -0.05) is 204 Å². The van der Waals surface area contributed by atoms with Crippen molar-refractivity contribution in [3.05, 3.63) is 184 Å². The van der Waals surface area contributed by atoms with Crippen LogP contribution in [-0.4, -0.2) is 9.52 Å². The van der Waals surface area contributed by atoms with E-state index in [2.05, 4.69) is 194 Å². The number of allylic oxidation sites excluding steroid dienone is 1. The molecule has 6 aromatic carbocycles. The van der Waals surface area contributed by atoms with Gasteiger partial charge in [0.25, 0.3) is 0 Å². The van der Waals surface area contributed by atoms with Crippen LogP contribution >= 0.6 is 0 Å². The van der Waals surface area contributed by atoms with Crippen LogP contribution in [0, 0.1) is 6.07 Å². The molecule has 6 aromatic rings. The van der Waals surface area contributed by atoms with E-state index in [-0.39, 0.29) is 67.8 Å². The molecule has 0 saturated heterocycles. The van der Waals surface area contributed by atoms with Crippen molar-refractivity contribution in [3.63, 3.8) is 0 Å². The van der Waals surface area contributed by atoms with Gasteiger partial charge in [0.15, 0.2) is 0 Å². The van der Waals surface area contributed by atoms with Crippen molar-refractivity contribution in [1.29, 1.82) is 0 Å². The van der Waals surface area contributed by atoms with E-state index in [1.54, 1.807) is 0 Å². The molecule has 2 aliphatic rings. The quantitative estimate of drug-likeness (QED) is 0.143. The molecule has 2 aliphatic carbocycles. The third kappa shape index (κ3) is 9.83. The number of halogens is 2. The second-order valence-corrected chi connectivity index (χ2v) is 17.9. The second-order valence-electron chi connectivity index (χ2n) is 16.5. The summed E-state index contributed by atoms with van der Waals surface area (Å²) in [7, 11) is 0.777. The van der Waals surface area contributed by atoms with E-state index in [4.69, 9.17) is 0 Å². The maximum absolute atomic E-state index is 4.05. The number of benzene rings is 6. The zero-order valence-electron chi connectivity index (χ0n) is 33.2. The normalized spacial score (nSPS) is 13.7. The van der Waals surface area contributed by atoms with Crippen LogP contribution in [0.15, 0.2) is 139 Å². The fourth-order valence-electron chi connectivity index (χ4n) is 7.74. The zero-order valence-corrected chi connectivity index (χ0v) is 38.2. The van der Waals surface area contributed by atoms with Gasteiger partial charge in [-0.3, -0.25) is 0 Å². The van der Waals surface area contributed by atoms with Crippen LogP contribution in [0.4, 0.5) is 0 Å². The summed E-state index contributed by atoms with van der Waals surface area (Å²) in [6, 6.07) is 52.7. The monoisotopic (exact) mass is 851 g/mol. The average molecular weight is 854 g/mol. The van der Waals surface area contributed by atoms with E-state index in [0.717, 1.165) is 28.8 Å². The Balaban J connectivity index is 0.000000358. The maximum atomic E-state index is 4.05. The molecule has 4 heteroatoms. The molecule has 8 rings (SSSR count). The summed E-state index contributed by atoms with van der Waals surface area (Å²) in [5, 5.41) is 2.79. The molecule has 3 radical (unpaired) electrons. The van der Waals surface area contributed by atoms with Crippen LogP contribution in [0.2, 0.25) is 0 Å². The summed E-state index contributed by atoms with van der Waals surface area (Å²) in [5.41, 5.74) is 17.1. The minimum atomic E-state index is 0. The van der Waals surface area contributed by atoms with E-state index in [1.165, 1.54) is 77.1 Å². The Morgan fingerprint density at radius 3 is 1.80 bits per heavy atom. The van der Waals surface area contributed by atoms with E-state index in [1.807, 2.05) is 0 Å². The molecule has 0 fully saturated rings. The SMILES string of the molecule is CCCC1=Cc2c(-c3ccccc3)cccc2C1c1[c-]c(C(C)(C)C)cc2c1Cc1ccc(C(C)(C)C)cc1-2.[Cl-].[Cl-].[Zr+3].c1ccc([Si]c2ccccc2)cc1. The molecule has 0 amide bonds. The average Bonchev–Trinajstić information content (AvgIpc) is 3.70. The van der Waals surface area contributed by atoms with Crippen molar-refractivity contribution in [3.8, 4) is 22.3 Å². The number of hydrogen-bond donors (Lipinski definition) is 0. The molecule has 1 unspecified atom stereocenters. The summed E-state index contributed by atoms with van der Waals surface area (Å²) in [6.07, 6.45) is 5.76. The Bertz CT molecular complexity index is 2170. The zero-order chi connectivity index (χ0) is 36.5. The van der Waals surface area contributed by atoms with Gasteiger partial charge in [-0.05, 0) is 62.6 Å². The maximum Gasteiger partial charge on any atom is 3.00 e. The summed E-state index contributed by atoms with van der Waals surface area (Å²) in [4.78, 5) is 0. The first kappa shape index (κ1) is 44.5. The fourth-order valence-corrected chi connectivity index (χ4v) is 8.79. The molecule has 0 aromatic heterocycles. The number of hydrogen-bond acceptors (Lipinski definition) is 0. The van der Waals surface area contributed by atoms with Gasteiger partial charge in [-0.15, -0.1) is 16.7 Å². The van der Waals surface area contributed by atoms with Crippen molar-refractivity contribution < 1.29 is 51.0 Å². The van der Waals surface area contributed by atoms with Gasteiger partial charge in [-0.2, -0.15) is 17.7 Å². The van der Waals surface area contributed by atoms with Gasteiger partial charge in [0.2, 0.25) is 0 Å². The largest absolute Gasteiger partial charge is 3.00 e. The Hall–Kier alpha value is -3.26. The summed E-state index contributed by atoms with van der Waals surface area (Å²) < 4.78 is 0. The van der Waals surface area contributed by atoms with Gasteiger partial charge in [-0.25, -0.2) is 0 Å². The first-order valence-electron chi connectivity index (χ1n) is 19.0. The molecular weight excluding hydrogens is 803 g/mol. The predicted molar refractivity (Wildman–Crippen MR) is 225 cm³/mol. The molecule has 0 bridgehead atoms. The van der Waals surface area contributed by atoms with Gasteiger partial charge < -0.3 is 24.8 Å². The smallest absolute Gasteiger partial charge is 1.00 e. The van der Waals surface area contributed by atoms with Crippen molar-refractivity contribution in [1.82, 2.24) is 0 Å². The Labute approximate surface area is 365 Å². The standard InChI is InChI=1S/C39H41.C12H10Si.2ClH.Zr/c1-8-13-27-21-33-30(25-14-10-9-11-15-25)16-12-17-31(33)37(27)36-24-29(39(5,6)7)23-35-32-22-28(38(2,3)4)19-18-26(32)20-34(35)36;1-3-7-11(8-4-1)13-12-9-5-2-6-10-12;;;/h9-12,14-19,21-23,37H,8,13,20H2,1-7H3;1-10H;2*1H;/q-1;;;;+3/p-2. The van der Waals surface area contributed by atoms with Crippen LogP contribution in [0.25, 0.3) is 28.3 Å². The topological polar surface area (TPSA) is 0 Å². The van der Waals surface area contributed by atoms with Crippen LogP contribution < -0.4 is 35.2 Å². The predicted octanol–water partition coefficient (Wildman–Crippen LogP) is 6.00. The van der Waals surface area contributed by atoms with E-state index < -0.39 is 0 Å². The van der Waals surface area contributed by atoms with Crippen LogP contribution in [-0.2, 0) is 43.5 Å². The summed E-state index contributed by atoms with van der Waals surface area (Å²) in [6.45, 7) is 16.2. The molecule has 55 heavy (non-hydrogen) atoms. The van der Waals surface area contributed by atoms with Gasteiger partial charge in [0.1, 0.15) is 9.52 Å². The Morgan fingerprint density at radius 2 is 1.24 bits per heavy atom. The first-order chi connectivity index (χ1) is 25.0. The van der Waals surface area contributed by atoms with Crippen molar-refractivity contribution in [2.75, 3.05) is 0 Å². The van der Waals surface area contributed by atoms with Crippen LogP contribution in [0.3, 0.4) is 0 Å². The summed E-state index contributed by atoms with van der Waals surface area (Å²) in [5.74, 6) is 0.260. The molecular formula is C51H51Cl2SiZr. The molecule has 0 aliphatic heterocycles. The second kappa shape index (κ2) is 18.8. The molecule has 0 heterocycles. The molecule has 0 nitrogen and oxygen atoms in total. The number of rotatable bonds is 6. The summed E-state index contributed by atoms with van der Waals surface area (Å²) >= 11 is 0. The molecule has 0 N–H and O–H groups in total. The Kier molecular flexibility index (Phi) is 15.2. The van der Waals surface area contributed by atoms with E-state index >= 15 is 0 Å². The molecule has 1 atom stereocenters. The van der Waals surface area contributed by atoms with Crippen LogP contribution in [0.5, 0.6) is 0 Å². The van der Waals surface area contributed by atoms with Crippen molar-refractivity contribution in [2.24, 2.45) is 0 Å². The first-order valence-corrected chi connectivity index (χ1v) is 20.0. The van der Waals surface area contributed by atoms with Gasteiger partial charge >= 0.3 is 26.2 Å². The van der Waals surface area contributed by atoms with Gasteiger partial charge in [0.05, 0.1) is 0 Å². The van der Waals surface area contributed by atoms with E-state index in [0.29, 0.717) is 0 Å².